The minimum Gasteiger partial charge on any atom is -0.370 e. The topological polar surface area (TPSA) is 26.3 Å². The van der Waals surface area contributed by atoms with E-state index in [1.165, 1.54) is 0 Å². The molecule has 1 aliphatic rings. The average molecular weight is 329 g/mol. The van der Waals surface area contributed by atoms with Gasteiger partial charge in [0.15, 0.2) is 5.78 Å². The molecule has 4 heteroatoms. The Kier molecular flexibility index (Phi) is 5.02. The maximum atomic E-state index is 12.8. The van der Waals surface area contributed by atoms with Gasteiger partial charge >= 0.3 is 0 Å². The van der Waals surface area contributed by atoms with Crippen LogP contribution in [0.4, 0.5) is 0 Å². The van der Waals surface area contributed by atoms with Crippen LogP contribution in [0.2, 0.25) is 10.0 Å². The SMILES string of the molecule is COC1(C(=O)Cc2cc(Cl)ccc2Cl)CCC(C)(C)CC1. The molecule has 0 atom stereocenters. The third-order valence-electron chi connectivity index (χ3n) is 4.67. The Morgan fingerprint density at radius 2 is 1.81 bits per heavy atom. The van der Waals surface area contributed by atoms with Crippen molar-refractivity contribution in [1.29, 1.82) is 0 Å². The van der Waals surface area contributed by atoms with Crippen molar-refractivity contribution in [2.45, 2.75) is 51.6 Å². The molecule has 0 N–H and O–H groups in total. The highest BCUT2D eigenvalue weighted by Gasteiger charge is 2.43. The van der Waals surface area contributed by atoms with E-state index in [1.54, 1.807) is 25.3 Å². The van der Waals surface area contributed by atoms with Gasteiger partial charge in [-0.2, -0.15) is 0 Å². The molecule has 2 nitrogen and oxygen atoms in total. The summed E-state index contributed by atoms with van der Waals surface area (Å²) < 4.78 is 5.65. The highest BCUT2D eigenvalue weighted by Crippen LogP contribution is 2.42. The maximum Gasteiger partial charge on any atom is 0.169 e. The summed E-state index contributed by atoms with van der Waals surface area (Å²) >= 11 is 12.2. The number of benzene rings is 1. The van der Waals surface area contributed by atoms with E-state index >= 15 is 0 Å². The van der Waals surface area contributed by atoms with Gasteiger partial charge in [-0.25, -0.2) is 0 Å². The predicted molar refractivity (Wildman–Crippen MR) is 87.2 cm³/mol. The zero-order chi connectivity index (χ0) is 15.7. The van der Waals surface area contributed by atoms with E-state index in [0.29, 0.717) is 10.0 Å². The second-order valence-corrected chi connectivity index (χ2v) is 7.54. The van der Waals surface area contributed by atoms with Crippen LogP contribution in [-0.2, 0) is 16.0 Å². The Balaban J connectivity index is 2.16. The Hall–Kier alpha value is -0.570. The lowest BCUT2D eigenvalue weighted by atomic mass is 9.69. The second kappa shape index (κ2) is 6.28. The molecule has 116 valence electrons. The molecule has 1 fully saturated rings. The van der Waals surface area contributed by atoms with Crippen LogP contribution in [0, 0.1) is 5.41 Å². The van der Waals surface area contributed by atoms with Gasteiger partial charge in [-0.3, -0.25) is 4.79 Å². The van der Waals surface area contributed by atoms with E-state index in [-0.39, 0.29) is 17.6 Å². The van der Waals surface area contributed by atoms with Gasteiger partial charge in [0.2, 0.25) is 0 Å². The number of ketones is 1. The van der Waals surface area contributed by atoms with Crippen molar-refractivity contribution in [1.82, 2.24) is 0 Å². The quantitative estimate of drug-likeness (QED) is 0.769. The number of ether oxygens (including phenoxy) is 1. The van der Waals surface area contributed by atoms with Crippen LogP contribution in [-0.4, -0.2) is 18.5 Å². The molecule has 21 heavy (non-hydrogen) atoms. The lowest BCUT2D eigenvalue weighted by Gasteiger charge is -2.41. The van der Waals surface area contributed by atoms with Crippen molar-refractivity contribution in [3.05, 3.63) is 33.8 Å². The smallest absolute Gasteiger partial charge is 0.169 e. The van der Waals surface area contributed by atoms with Crippen molar-refractivity contribution in [2.75, 3.05) is 7.11 Å². The molecule has 2 rings (SSSR count). The van der Waals surface area contributed by atoms with Crippen LogP contribution < -0.4 is 0 Å². The fourth-order valence-electron chi connectivity index (χ4n) is 2.94. The molecular weight excluding hydrogens is 307 g/mol. The molecule has 0 spiro atoms. The number of methoxy groups -OCH3 is 1. The van der Waals surface area contributed by atoms with E-state index in [1.807, 2.05) is 0 Å². The normalized spacial score (nSPS) is 20.2. The number of carbonyl (C=O) groups excluding carboxylic acids is 1. The Labute approximate surface area is 136 Å². The van der Waals surface area contributed by atoms with E-state index in [0.717, 1.165) is 31.2 Å². The molecule has 0 saturated heterocycles. The van der Waals surface area contributed by atoms with Crippen molar-refractivity contribution < 1.29 is 9.53 Å². The zero-order valence-corrected chi connectivity index (χ0v) is 14.4. The van der Waals surface area contributed by atoms with Gasteiger partial charge in [0.1, 0.15) is 5.60 Å². The van der Waals surface area contributed by atoms with Crippen molar-refractivity contribution in [3.8, 4) is 0 Å². The first-order valence-electron chi connectivity index (χ1n) is 7.30. The Bertz CT molecular complexity index is 528. The van der Waals surface area contributed by atoms with Gasteiger partial charge in [-0.1, -0.05) is 37.0 Å². The summed E-state index contributed by atoms with van der Waals surface area (Å²) in [4.78, 5) is 12.8. The fraction of sp³-hybridized carbons (Fsp3) is 0.588. The molecule has 1 aromatic carbocycles. The van der Waals surface area contributed by atoms with Crippen molar-refractivity contribution in [3.63, 3.8) is 0 Å². The fourth-order valence-corrected chi connectivity index (χ4v) is 3.32. The van der Waals surface area contributed by atoms with Crippen LogP contribution >= 0.6 is 23.2 Å². The third-order valence-corrected chi connectivity index (χ3v) is 5.27. The van der Waals surface area contributed by atoms with Gasteiger partial charge in [0, 0.05) is 23.6 Å². The summed E-state index contributed by atoms with van der Waals surface area (Å²) in [6, 6.07) is 5.22. The van der Waals surface area contributed by atoms with Crippen LogP contribution in [0.25, 0.3) is 0 Å². The zero-order valence-electron chi connectivity index (χ0n) is 12.8. The van der Waals surface area contributed by atoms with Crippen LogP contribution in [0.1, 0.15) is 45.1 Å². The van der Waals surface area contributed by atoms with Gasteiger partial charge in [0.05, 0.1) is 0 Å². The molecule has 1 aromatic rings. The maximum absolute atomic E-state index is 12.8. The molecule has 1 saturated carbocycles. The van der Waals surface area contributed by atoms with Gasteiger partial charge in [-0.15, -0.1) is 0 Å². The minimum atomic E-state index is -0.666. The third kappa shape index (κ3) is 3.80. The minimum absolute atomic E-state index is 0.102. The summed E-state index contributed by atoms with van der Waals surface area (Å²) in [6.07, 6.45) is 3.81. The number of halogens is 2. The summed E-state index contributed by atoms with van der Waals surface area (Å²) in [5, 5.41) is 1.17. The molecule has 0 aliphatic heterocycles. The first-order chi connectivity index (χ1) is 9.78. The van der Waals surface area contributed by atoms with E-state index in [9.17, 15) is 4.79 Å². The van der Waals surface area contributed by atoms with Gasteiger partial charge in [-0.05, 0) is 54.9 Å². The van der Waals surface area contributed by atoms with Crippen molar-refractivity contribution >= 4 is 29.0 Å². The summed E-state index contributed by atoms with van der Waals surface area (Å²) in [5.41, 5.74) is 0.396. The van der Waals surface area contributed by atoms with E-state index in [2.05, 4.69) is 13.8 Å². The molecule has 0 radical (unpaired) electrons. The van der Waals surface area contributed by atoms with E-state index in [4.69, 9.17) is 27.9 Å². The first kappa shape index (κ1) is 16.8. The highest BCUT2D eigenvalue weighted by molar-refractivity contribution is 6.33. The Morgan fingerprint density at radius 3 is 2.38 bits per heavy atom. The summed E-state index contributed by atoms with van der Waals surface area (Å²) in [7, 11) is 1.63. The molecule has 0 amide bonds. The molecular formula is C17H22Cl2O2. The monoisotopic (exact) mass is 328 g/mol. The van der Waals surface area contributed by atoms with Crippen LogP contribution in [0.3, 0.4) is 0 Å². The lowest BCUT2D eigenvalue weighted by molar-refractivity contribution is -0.147. The Morgan fingerprint density at radius 1 is 1.19 bits per heavy atom. The van der Waals surface area contributed by atoms with Crippen molar-refractivity contribution in [2.24, 2.45) is 5.41 Å². The van der Waals surface area contributed by atoms with Gasteiger partial charge < -0.3 is 4.74 Å². The molecule has 1 aliphatic carbocycles. The number of hydrogen-bond acceptors (Lipinski definition) is 2. The summed E-state index contributed by atoms with van der Waals surface area (Å²) in [6.45, 7) is 4.48. The average Bonchev–Trinajstić information content (AvgIpc) is 2.43. The standard InChI is InChI=1S/C17H22Cl2O2/c1-16(2)6-8-17(21-3,9-7-16)15(20)11-12-10-13(18)4-5-14(12)19/h4-5,10H,6-9,11H2,1-3H3. The van der Waals surface area contributed by atoms with Crippen LogP contribution in [0.15, 0.2) is 18.2 Å². The molecule has 0 heterocycles. The predicted octanol–water partition coefficient (Wildman–Crippen LogP) is 5.09. The summed E-state index contributed by atoms with van der Waals surface area (Å²) in [5.74, 6) is 0.102. The number of Topliss-reactive ketones (excluding diaryl/α,β-unsaturated/α-hetero) is 1. The lowest BCUT2D eigenvalue weighted by Crippen LogP contribution is -2.46. The molecule has 0 aromatic heterocycles. The molecule has 0 bridgehead atoms. The number of hydrogen-bond donors (Lipinski definition) is 0. The number of rotatable bonds is 4. The first-order valence-corrected chi connectivity index (χ1v) is 8.06. The number of carbonyl (C=O) groups is 1. The highest BCUT2D eigenvalue weighted by atomic mass is 35.5. The largest absolute Gasteiger partial charge is 0.370 e. The van der Waals surface area contributed by atoms with Gasteiger partial charge in [0.25, 0.3) is 0 Å². The molecule has 0 unspecified atom stereocenters. The second-order valence-electron chi connectivity index (χ2n) is 6.70. The van der Waals surface area contributed by atoms with Crippen LogP contribution in [0.5, 0.6) is 0 Å². The van der Waals surface area contributed by atoms with E-state index < -0.39 is 5.60 Å².